The molecule has 0 saturated heterocycles. The molecule has 3 aromatic rings. The fraction of sp³-hybridized carbons (Fsp3) is 0.333. The van der Waals surface area contributed by atoms with Gasteiger partial charge in [0.2, 0.25) is 0 Å². The molecule has 0 atom stereocenters. The molecule has 0 aliphatic carbocycles. The Bertz CT molecular complexity index is 1030. The van der Waals surface area contributed by atoms with E-state index in [4.69, 9.17) is 4.99 Å². The lowest BCUT2D eigenvalue weighted by Crippen LogP contribution is -2.23. The summed E-state index contributed by atoms with van der Waals surface area (Å²) < 4.78 is 3.65. The summed E-state index contributed by atoms with van der Waals surface area (Å²) in [6.45, 7) is 2.86. The van der Waals surface area contributed by atoms with E-state index >= 15 is 0 Å². The van der Waals surface area contributed by atoms with Gasteiger partial charge in [-0.1, -0.05) is 54.2 Å². The first-order chi connectivity index (χ1) is 14.1. The van der Waals surface area contributed by atoms with Gasteiger partial charge < -0.3 is 0 Å². The molecule has 2 aromatic carbocycles. The number of nitrogens with zero attached hydrogens (tertiary/aromatic N) is 5. The van der Waals surface area contributed by atoms with E-state index < -0.39 is 0 Å². The van der Waals surface area contributed by atoms with E-state index in [0.29, 0.717) is 0 Å². The maximum Gasteiger partial charge on any atom is 0.368 e. The van der Waals surface area contributed by atoms with Crippen molar-refractivity contribution in [1.29, 1.82) is 0 Å². The third-order valence-electron chi connectivity index (χ3n) is 4.56. The van der Waals surface area contributed by atoms with Crippen LogP contribution in [0.15, 0.2) is 58.3 Å². The van der Waals surface area contributed by atoms with Crippen LogP contribution in [0.1, 0.15) is 23.1 Å². The minimum atomic E-state index is -0.249. The zero-order valence-electron chi connectivity index (χ0n) is 16.9. The second-order valence-electron chi connectivity index (χ2n) is 6.60. The average molecular weight is 428 g/mol. The minimum absolute atomic E-state index is 0.249. The smallest absolute Gasteiger partial charge is 0.272 e. The van der Waals surface area contributed by atoms with Gasteiger partial charge in [-0.25, -0.2) is 4.79 Å². The minimum Gasteiger partial charge on any atom is -0.272 e. The van der Waals surface area contributed by atoms with E-state index in [1.165, 1.54) is 14.9 Å². The number of rotatable bonds is 7. The van der Waals surface area contributed by atoms with Crippen LogP contribution < -0.4 is 5.69 Å². The molecule has 0 spiro atoms. The molecule has 0 amide bonds. The number of hydrogen-bond donors (Lipinski definition) is 0. The lowest BCUT2D eigenvalue weighted by Gasteiger charge is -2.11. The van der Waals surface area contributed by atoms with Crippen molar-refractivity contribution in [2.24, 2.45) is 12.0 Å². The van der Waals surface area contributed by atoms with Gasteiger partial charge in [0.1, 0.15) is 4.38 Å². The molecule has 0 fully saturated rings. The van der Waals surface area contributed by atoms with Crippen molar-refractivity contribution in [2.75, 3.05) is 12.8 Å². The molecule has 0 unspecified atom stereocenters. The van der Waals surface area contributed by atoms with Gasteiger partial charge >= 0.3 is 5.69 Å². The summed E-state index contributed by atoms with van der Waals surface area (Å²) in [4.78, 5) is 17.1. The monoisotopic (exact) mass is 427 g/mol. The molecule has 0 radical (unpaired) electrons. The number of hydrogen-bond acceptors (Lipinski definition) is 6. The Morgan fingerprint density at radius 1 is 1.10 bits per heavy atom. The average Bonchev–Trinajstić information content (AvgIpc) is 3.07. The third-order valence-corrected chi connectivity index (χ3v) is 6.70. The fourth-order valence-corrected chi connectivity index (χ4v) is 4.63. The van der Waals surface area contributed by atoms with Crippen molar-refractivity contribution < 1.29 is 0 Å². The molecule has 29 heavy (non-hydrogen) atoms. The van der Waals surface area contributed by atoms with Crippen molar-refractivity contribution in [1.82, 2.24) is 19.8 Å². The Hall–Kier alpha value is -2.32. The second kappa shape index (κ2) is 10.5. The highest BCUT2D eigenvalue weighted by Gasteiger charge is 2.13. The van der Waals surface area contributed by atoms with E-state index in [1.807, 2.05) is 18.2 Å². The van der Waals surface area contributed by atoms with Crippen LogP contribution in [0.5, 0.6) is 0 Å². The van der Waals surface area contributed by atoms with Gasteiger partial charge in [0.15, 0.2) is 0 Å². The zero-order chi connectivity index (χ0) is 20.6. The molecule has 8 heteroatoms. The molecule has 1 heterocycles. The summed E-state index contributed by atoms with van der Waals surface area (Å²) in [6.07, 6.45) is 4.11. The summed E-state index contributed by atoms with van der Waals surface area (Å²) in [6, 6.07) is 16.4. The normalized spacial score (nSPS) is 11.8. The van der Waals surface area contributed by atoms with Gasteiger partial charge in [0.05, 0.1) is 5.69 Å². The summed E-state index contributed by atoms with van der Waals surface area (Å²) in [7, 11) is 1.60. The Morgan fingerprint density at radius 3 is 2.59 bits per heavy atom. The Morgan fingerprint density at radius 2 is 1.90 bits per heavy atom. The van der Waals surface area contributed by atoms with Crippen LogP contribution in [-0.4, -0.2) is 37.0 Å². The van der Waals surface area contributed by atoms with Gasteiger partial charge in [0, 0.05) is 19.3 Å². The quantitative estimate of drug-likeness (QED) is 0.325. The maximum absolute atomic E-state index is 12.3. The second-order valence-corrected chi connectivity index (χ2v) is 8.62. The molecule has 0 saturated carbocycles. The molecule has 0 aliphatic heterocycles. The molecule has 0 aliphatic rings. The van der Waals surface area contributed by atoms with E-state index in [1.54, 1.807) is 30.6 Å². The number of aliphatic imine (C=N–C) groups is 1. The topological polar surface area (TPSA) is 65.1 Å². The molecular weight excluding hydrogens is 402 g/mol. The first kappa shape index (κ1) is 21.4. The molecule has 0 bridgehead atoms. The first-order valence-electron chi connectivity index (χ1n) is 9.43. The molecule has 3 rings (SSSR count). The molecule has 152 valence electrons. The van der Waals surface area contributed by atoms with Crippen LogP contribution >= 0.6 is 23.5 Å². The van der Waals surface area contributed by atoms with Crippen LogP contribution in [0.2, 0.25) is 0 Å². The van der Waals surface area contributed by atoms with Crippen molar-refractivity contribution in [2.45, 2.75) is 25.5 Å². The van der Waals surface area contributed by atoms with E-state index in [0.717, 1.165) is 46.3 Å². The van der Waals surface area contributed by atoms with Gasteiger partial charge in [-0.15, -0.1) is 11.8 Å². The van der Waals surface area contributed by atoms with Crippen LogP contribution in [-0.2, 0) is 19.2 Å². The number of aromatic nitrogens is 4. The highest BCUT2D eigenvalue weighted by molar-refractivity contribution is 8.38. The van der Waals surface area contributed by atoms with Gasteiger partial charge in [0.25, 0.3) is 0 Å². The number of benzene rings is 2. The number of aryl methyl sites for hydroxylation is 3. The molecule has 1 aromatic heterocycles. The Balaban J connectivity index is 1.66. The van der Waals surface area contributed by atoms with Gasteiger partial charge in [-0.05, 0) is 59.2 Å². The highest BCUT2D eigenvalue weighted by atomic mass is 32.2. The largest absolute Gasteiger partial charge is 0.368 e. The summed E-state index contributed by atoms with van der Waals surface area (Å²) >= 11 is 3.36. The fourth-order valence-electron chi connectivity index (χ4n) is 2.94. The molecule has 6 nitrogen and oxygen atoms in total. The Labute approximate surface area is 179 Å². The predicted octanol–water partition coefficient (Wildman–Crippen LogP) is 3.86. The third kappa shape index (κ3) is 5.61. The Kier molecular flexibility index (Phi) is 7.71. The zero-order valence-corrected chi connectivity index (χ0v) is 18.5. The van der Waals surface area contributed by atoms with Gasteiger partial charge in [-0.3, -0.25) is 4.99 Å². The van der Waals surface area contributed by atoms with Crippen molar-refractivity contribution >= 4 is 27.9 Å². The van der Waals surface area contributed by atoms with Crippen LogP contribution in [0, 0.1) is 6.92 Å². The van der Waals surface area contributed by atoms with Crippen molar-refractivity contribution in [3.8, 4) is 5.69 Å². The van der Waals surface area contributed by atoms with E-state index in [2.05, 4.69) is 53.9 Å². The van der Waals surface area contributed by atoms with Crippen molar-refractivity contribution in [3.63, 3.8) is 0 Å². The lowest BCUT2D eigenvalue weighted by molar-refractivity contribution is 0.692. The first-order valence-corrected chi connectivity index (χ1v) is 11.6. The summed E-state index contributed by atoms with van der Waals surface area (Å²) in [5.74, 6) is 0.726. The standard InChI is InChI=1S/C21H25N5OS2/c1-16-9-7-13-19(26-21(27)25(2)23-24-26)18(16)15-29-20(28-3)22-14-8-12-17-10-5-4-6-11-17/h4-7,9-11,13H,8,12,14-15H2,1-3H3. The number of tetrazole rings is 1. The van der Waals surface area contributed by atoms with E-state index in [-0.39, 0.29) is 5.69 Å². The lowest BCUT2D eigenvalue weighted by atomic mass is 10.1. The maximum atomic E-state index is 12.3. The highest BCUT2D eigenvalue weighted by Crippen LogP contribution is 2.26. The summed E-state index contributed by atoms with van der Waals surface area (Å²) in [5.41, 5.74) is 4.07. The van der Waals surface area contributed by atoms with Gasteiger partial charge in [-0.2, -0.15) is 9.36 Å². The van der Waals surface area contributed by atoms with Crippen molar-refractivity contribution in [3.05, 3.63) is 75.7 Å². The predicted molar refractivity (Wildman–Crippen MR) is 123 cm³/mol. The molecule has 0 N–H and O–H groups in total. The number of thioether (sulfide) groups is 2. The summed E-state index contributed by atoms with van der Waals surface area (Å²) in [5, 5.41) is 7.83. The van der Waals surface area contributed by atoms with Crippen LogP contribution in [0.25, 0.3) is 5.69 Å². The molecular formula is C21H25N5OS2. The SMILES string of the molecule is CSC(=NCCCc1ccccc1)SCc1c(C)cccc1-n1nnn(C)c1=O. The van der Waals surface area contributed by atoms with E-state index in [9.17, 15) is 4.79 Å². The van der Waals surface area contributed by atoms with Crippen LogP contribution in [0.4, 0.5) is 0 Å². The van der Waals surface area contributed by atoms with Crippen LogP contribution in [0.3, 0.4) is 0 Å².